The molecule has 2 aliphatic rings. The van der Waals surface area contributed by atoms with E-state index in [2.05, 4.69) is 41.4 Å². The second-order valence-corrected chi connectivity index (χ2v) is 10.4. The third kappa shape index (κ3) is 8.55. The van der Waals surface area contributed by atoms with Crippen molar-refractivity contribution in [2.75, 3.05) is 78.3 Å². The first kappa shape index (κ1) is 30.6. The van der Waals surface area contributed by atoms with Gasteiger partial charge in [-0.25, -0.2) is 0 Å². The maximum Gasteiger partial charge on any atom is 0.142 e. The molecule has 0 spiro atoms. The third-order valence-electron chi connectivity index (χ3n) is 7.32. The molecule has 1 unspecified atom stereocenters. The van der Waals surface area contributed by atoms with Crippen molar-refractivity contribution >= 4 is 5.69 Å². The SMILES string of the molecule is CCCOc1ccc(C2[C@@H](OCc3ccc4c(c3)N(CCCOC)CCO4)CNC[C@H]2OC[C@H](O)COC)cc1. The first-order chi connectivity index (χ1) is 19.6. The highest BCUT2D eigenvalue weighted by Gasteiger charge is 2.36. The van der Waals surface area contributed by atoms with Gasteiger partial charge in [-0.3, -0.25) is 0 Å². The van der Waals surface area contributed by atoms with Gasteiger partial charge in [0.2, 0.25) is 0 Å². The molecule has 1 saturated heterocycles. The Morgan fingerprint density at radius 1 is 1.00 bits per heavy atom. The molecule has 2 aromatic carbocycles. The van der Waals surface area contributed by atoms with Crippen molar-refractivity contribution in [3.63, 3.8) is 0 Å². The molecule has 2 heterocycles. The van der Waals surface area contributed by atoms with Crippen LogP contribution in [0, 0.1) is 0 Å². The van der Waals surface area contributed by atoms with E-state index in [1.807, 2.05) is 18.2 Å². The summed E-state index contributed by atoms with van der Waals surface area (Å²) in [5.41, 5.74) is 3.34. The molecule has 2 aliphatic heterocycles. The zero-order valence-corrected chi connectivity index (χ0v) is 24.2. The van der Waals surface area contributed by atoms with Gasteiger partial charge in [-0.2, -0.15) is 0 Å². The molecule has 2 aromatic rings. The summed E-state index contributed by atoms with van der Waals surface area (Å²) in [4.78, 5) is 2.36. The summed E-state index contributed by atoms with van der Waals surface area (Å²) in [6.07, 6.45) is 0.966. The van der Waals surface area contributed by atoms with Crippen LogP contribution in [-0.2, 0) is 25.6 Å². The van der Waals surface area contributed by atoms with E-state index in [9.17, 15) is 5.11 Å². The summed E-state index contributed by atoms with van der Waals surface area (Å²) in [5.74, 6) is 1.76. The maximum atomic E-state index is 10.2. The number of anilines is 1. The number of benzene rings is 2. The number of fused-ring (bicyclic) bond motifs is 1. The monoisotopic (exact) mass is 558 g/mol. The molecule has 0 amide bonds. The number of aliphatic hydroxyl groups is 1. The summed E-state index contributed by atoms with van der Waals surface area (Å²) in [5, 5.41) is 13.7. The van der Waals surface area contributed by atoms with Crippen molar-refractivity contribution in [1.29, 1.82) is 0 Å². The van der Waals surface area contributed by atoms with E-state index in [1.165, 1.54) is 0 Å². The van der Waals surface area contributed by atoms with Crippen LogP contribution in [0.3, 0.4) is 0 Å². The van der Waals surface area contributed by atoms with Crippen molar-refractivity contribution in [2.45, 2.75) is 50.6 Å². The van der Waals surface area contributed by atoms with Crippen LogP contribution in [0.15, 0.2) is 42.5 Å². The number of piperidine rings is 1. The topological polar surface area (TPSA) is 90.9 Å². The van der Waals surface area contributed by atoms with Crippen LogP contribution in [0.4, 0.5) is 5.69 Å². The quantitative estimate of drug-likeness (QED) is 0.301. The van der Waals surface area contributed by atoms with Gasteiger partial charge in [-0.1, -0.05) is 25.1 Å². The zero-order chi connectivity index (χ0) is 28.2. The number of hydrogen-bond donors (Lipinski definition) is 2. The number of aliphatic hydroxyl groups excluding tert-OH is 1. The van der Waals surface area contributed by atoms with Crippen LogP contribution >= 0.6 is 0 Å². The van der Waals surface area contributed by atoms with E-state index in [0.717, 1.165) is 60.9 Å². The van der Waals surface area contributed by atoms with E-state index in [0.29, 0.717) is 32.9 Å². The van der Waals surface area contributed by atoms with E-state index < -0.39 is 6.10 Å². The van der Waals surface area contributed by atoms with Crippen LogP contribution in [0.5, 0.6) is 11.5 Å². The molecule has 1 fully saturated rings. The molecular weight excluding hydrogens is 512 g/mol. The Kier molecular flexibility index (Phi) is 12.3. The molecule has 4 rings (SSSR count). The normalized spacial score (nSPS) is 21.5. The highest BCUT2D eigenvalue weighted by atomic mass is 16.5. The minimum atomic E-state index is -0.679. The minimum absolute atomic E-state index is 0.0114. The lowest BCUT2D eigenvalue weighted by atomic mass is 9.85. The Labute approximate surface area is 238 Å². The van der Waals surface area contributed by atoms with Crippen LogP contribution in [0.1, 0.15) is 36.8 Å². The van der Waals surface area contributed by atoms with Gasteiger partial charge in [0.1, 0.15) is 24.2 Å². The molecule has 4 atom stereocenters. The van der Waals surface area contributed by atoms with Crippen molar-refractivity contribution in [1.82, 2.24) is 5.32 Å². The van der Waals surface area contributed by atoms with Gasteiger partial charge in [0.15, 0.2) is 0 Å². The van der Waals surface area contributed by atoms with Gasteiger partial charge in [-0.05, 0) is 48.2 Å². The van der Waals surface area contributed by atoms with E-state index in [1.54, 1.807) is 14.2 Å². The van der Waals surface area contributed by atoms with Crippen molar-refractivity contribution in [3.8, 4) is 11.5 Å². The largest absolute Gasteiger partial charge is 0.494 e. The average molecular weight is 559 g/mol. The fourth-order valence-corrected chi connectivity index (χ4v) is 5.34. The Bertz CT molecular complexity index is 1010. The highest BCUT2D eigenvalue weighted by Crippen LogP contribution is 2.35. The van der Waals surface area contributed by atoms with Crippen molar-refractivity contribution < 1.29 is 33.5 Å². The second-order valence-electron chi connectivity index (χ2n) is 10.4. The van der Waals surface area contributed by atoms with E-state index in [-0.39, 0.29) is 31.3 Å². The predicted molar refractivity (Wildman–Crippen MR) is 155 cm³/mol. The molecule has 0 bridgehead atoms. The summed E-state index contributed by atoms with van der Waals surface area (Å²) in [7, 11) is 3.31. The molecule has 2 N–H and O–H groups in total. The van der Waals surface area contributed by atoms with Crippen LogP contribution in [0.2, 0.25) is 0 Å². The van der Waals surface area contributed by atoms with Gasteiger partial charge in [0.05, 0.1) is 50.9 Å². The predicted octanol–water partition coefficient (Wildman–Crippen LogP) is 3.38. The van der Waals surface area contributed by atoms with Gasteiger partial charge < -0.3 is 43.7 Å². The molecule has 9 heteroatoms. The smallest absolute Gasteiger partial charge is 0.142 e. The molecule has 222 valence electrons. The number of rotatable bonds is 16. The lowest BCUT2D eigenvalue weighted by molar-refractivity contribution is -0.0856. The molecule has 9 nitrogen and oxygen atoms in total. The standard InChI is InChI=1S/C31H46N2O7/c1-4-14-37-26-9-7-24(8-10-26)31-29(18-32-19-30(31)40-22-25(34)21-36-3)39-20-23-6-11-28-27(17-23)33(13-16-38-28)12-5-15-35-2/h6-11,17,25,29-32,34H,4-5,12-16,18-22H2,1-3H3/t25-,29+,30-,31?/m1/s1. The molecule has 0 aliphatic carbocycles. The summed E-state index contributed by atoms with van der Waals surface area (Å²) in [6.45, 7) is 8.29. The molecule has 0 radical (unpaired) electrons. The first-order valence-corrected chi connectivity index (χ1v) is 14.5. The van der Waals surface area contributed by atoms with Gasteiger partial charge in [-0.15, -0.1) is 0 Å². The number of nitrogens with one attached hydrogen (secondary N) is 1. The number of ether oxygens (including phenoxy) is 6. The lowest BCUT2D eigenvalue weighted by Gasteiger charge is -2.39. The Hall–Kier alpha value is -2.40. The fourth-order valence-electron chi connectivity index (χ4n) is 5.34. The fraction of sp³-hybridized carbons (Fsp3) is 0.613. The molecule has 0 saturated carbocycles. The van der Waals surface area contributed by atoms with Crippen molar-refractivity contribution in [3.05, 3.63) is 53.6 Å². The number of hydrogen-bond acceptors (Lipinski definition) is 9. The van der Waals surface area contributed by atoms with Crippen LogP contribution < -0.4 is 19.7 Å². The van der Waals surface area contributed by atoms with Gasteiger partial charge >= 0.3 is 0 Å². The average Bonchev–Trinajstić information content (AvgIpc) is 2.98. The van der Waals surface area contributed by atoms with Crippen LogP contribution in [-0.4, -0.2) is 96.9 Å². The second kappa shape index (κ2) is 16.1. The van der Waals surface area contributed by atoms with Crippen molar-refractivity contribution in [2.24, 2.45) is 0 Å². The third-order valence-corrected chi connectivity index (χ3v) is 7.32. The van der Waals surface area contributed by atoms with Gasteiger partial charge in [0, 0.05) is 46.4 Å². The minimum Gasteiger partial charge on any atom is -0.494 e. The molecule has 0 aromatic heterocycles. The summed E-state index contributed by atoms with van der Waals surface area (Å²) < 4.78 is 34.9. The Morgan fingerprint density at radius 3 is 2.55 bits per heavy atom. The molecular formula is C31H46N2O7. The highest BCUT2D eigenvalue weighted by molar-refractivity contribution is 5.61. The first-order valence-electron chi connectivity index (χ1n) is 14.5. The Balaban J connectivity index is 1.48. The zero-order valence-electron chi connectivity index (χ0n) is 24.2. The lowest BCUT2D eigenvalue weighted by Crippen LogP contribution is -2.51. The summed E-state index contributed by atoms with van der Waals surface area (Å²) in [6, 6.07) is 14.6. The Morgan fingerprint density at radius 2 is 1.80 bits per heavy atom. The molecule has 40 heavy (non-hydrogen) atoms. The van der Waals surface area contributed by atoms with E-state index >= 15 is 0 Å². The van der Waals surface area contributed by atoms with Crippen LogP contribution in [0.25, 0.3) is 0 Å². The number of methoxy groups -OCH3 is 2. The van der Waals surface area contributed by atoms with Gasteiger partial charge in [0.25, 0.3) is 0 Å². The number of nitrogens with zero attached hydrogens (tertiary/aromatic N) is 1. The van der Waals surface area contributed by atoms with E-state index in [4.69, 9.17) is 28.4 Å². The summed E-state index contributed by atoms with van der Waals surface area (Å²) >= 11 is 0. The maximum absolute atomic E-state index is 10.2.